The van der Waals surface area contributed by atoms with Gasteiger partial charge in [0.2, 0.25) is 0 Å². The highest BCUT2D eigenvalue weighted by atomic mass is 16.5. The predicted molar refractivity (Wildman–Crippen MR) is 65.6 cm³/mol. The largest absolute Gasteiger partial charge is 0.483 e. The first kappa shape index (κ1) is 12.2. The van der Waals surface area contributed by atoms with Crippen LogP contribution in [0.15, 0.2) is 29.4 Å². The normalized spacial score (nSPS) is 15.2. The number of ether oxygens (including phenoxy) is 1. The van der Waals surface area contributed by atoms with Gasteiger partial charge in [0.05, 0.1) is 5.56 Å². The van der Waals surface area contributed by atoms with Gasteiger partial charge in [-0.1, -0.05) is 17.3 Å². The van der Waals surface area contributed by atoms with Gasteiger partial charge >= 0.3 is 0 Å². The topological polar surface area (TPSA) is 96.9 Å². The Bertz CT molecular complexity index is 469. The number of nitrogens with zero attached hydrogens (tertiary/aromatic N) is 1. The molecule has 6 heteroatoms. The fraction of sp³-hybridized carbons (Fsp3) is 0.333. The van der Waals surface area contributed by atoms with Crippen molar-refractivity contribution < 1.29 is 14.7 Å². The molecule has 1 amide bonds. The molecule has 4 N–H and O–H groups in total. The van der Waals surface area contributed by atoms with Crippen molar-refractivity contribution in [2.45, 2.75) is 18.9 Å². The standard InChI is InChI=1S/C12H15N3O3/c13-12(15-17)9-3-1-2-4-10(9)18-7-11(16)14-8-5-6-8/h1-4,8,17H,5-7H2,(H2,13,15)(H,14,16). The third kappa shape index (κ3) is 3.13. The molecule has 96 valence electrons. The van der Waals surface area contributed by atoms with Crippen molar-refractivity contribution in [3.05, 3.63) is 29.8 Å². The number of nitrogens with one attached hydrogen (secondary N) is 1. The molecule has 6 nitrogen and oxygen atoms in total. The van der Waals surface area contributed by atoms with Crippen molar-refractivity contribution in [3.63, 3.8) is 0 Å². The SMILES string of the molecule is N/C(=N\O)c1ccccc1OCC(=O)NC1CC1. The fourth-order valence-corrected chi connectivity index (χ4v) is 1.50. The smallest absolute Gasteiger partial charge is 0.258 e. The summed E-state index contributed by atoms with van der Waals surface area (Å²) in [6.07, 6.45) is 2.07. The minimum atomic E-state index is -0.160. The highest BCUT2D eigenvalue weighted by Gasteiger charge is 2.23. The van der Waals surface area contributed by atoms with Crippen molar-refractivity contribution in [1.82, 2.24) is 5.32 Å². The Morgan fingerprint density at radius 3 is 2.89 bits per heavy atom. The second-order valence-corrected chi connectivity index (χ2v) is 4.11. The highest BCUT2D eigenvalue weighted by Crippen LogP contribution is 2.19. The molecule has 2 rings (SSSR count). The Morgan fingerprint density at radius 1 is 1.50 bits per heavy atom. The maximum Gasteiger partial charge on any atom is 0.258 e. The molecule has 18 heavy (non-hydrogen) atoms. The van der Waals surface area contributed by atoms with Crippen LogP contribution in [0.5, 0.6) is 5.75 Å². The van der Waals surface area contributed by atoms with E-state index in [4.69, 9.17) is 15.7 Å². The van der Waals surface area contributed by atoms with Crippen LogP contribution in [0.4, 0.5) is 0 Å². The van der Waals surface area contributed by atoms with Crippen LogP contribution in [0.2, 0.25) is 0 Å². The van der Waals surface area contributed by atoms with Gasteiger partial charge in [-0.3, -0.25) is 4.79 Å². The summed E-state index contributed by atoms with van der Waals surface area (Å²) in [6, 6.07) is 7.12. The van der Waals surface area contributed by atoms with Crippen LogP contribution in [-0.4, -0.2) is 29.6 Å². The molecule has 0 aliphatic heterocycles. The highest BCUT2D eigenvalue weighted by molar-refractivity contribution is 5.99. The second-order valence-electron chi connectivity index (χ2n) is 4.11. The molecule has 0 heterocycles. The maximum atomic E-state index is 11.5. The van der Waals surface area contributed by atoms with Crippen LogP contribution in [0.25, 0.3) is 0 Å². The van der Waals surface area contributed by atoms with E-state index in [1.807, 2.05) is 0 Å². The fourth-order valence-electron chi connectivity index (χ4n) is 1.50. The Kier molecular flexibility index (Phi) is 3.66. The minimum Gasteiger partial charge on any atom is -0.483 e. The van der Waals surface area contributed by atoms with Crippen molar-refractivity contribution in [2.24, 2.45) is 10.9 Å². The average Bonchev–Trinajstić information content (AvgIpc) is 3.19. The molecule has 1 aliphatic carbocycles. The molecule has 1 aromatic carbocycles. The van der Waals surface area contributed by atoms with Gasteiger partial charge in [0.15, 0.2) is 12.4 Å². The van der Waals surface area contributed by atoms with Gasteiger partial charge in [0.1, 0.15) is 5.75 Å². The van der Waals surface area contributed by atoms with E-state index in [1.54, 1.807) is 24.3 Å². The monoisotopic (exact) mass is 249 g/mol. The minimum absolute atomic E-state index is 0.0480. The summed E-state index contributed by atoms with van der Waals surface area (Å²) in [5.74, 6) is 0.207. The molecule has 0 saturated heterocycles. The van der Waals surface area contributed by atoms with Gasteiger partial charge in [-0.25, -0.2) is 0 Å². The summed E-state index contributed by atoms with van der Waals surface area (Å²) >= 11 is 0. The summed E-state index contributed by atoms with van der Waals surface area (Å²) < 4.78 is 5.37. The van der Waals surface area contributed by atoms with Crippen LogP contribution < -0.4 is 15.8 Å². The van der Waals surface area contributed by atoms with Crippen LogP contribution >= 0.6 is 0 Å². The Balaban J connectivity index is 1.97. The molecule has 0 spiro atoms. The number of benzene rings is 1. The zero-order valence-corrected chi connectivity index (χ0v) is 9.80. The number of hydrogen-bond acceptors (Lipinski definition) is 4. The molecule has 0 atom stereocenters. The lowest BCUT2D eigenvalue weighted by Gasteiger charge is -2.10. The van der Waals surface area contributed by atoms with Gasteiger partial charge in [-0.15, -0.1) is 0 Å². The summed E-state index contributed by atoms with van der Waals surface area (Å²) in [7, 11) is 0. The van der Waals surface area contributed by atoms with E-state index in [9.17, 15) is 4.79 Å². The molecular formula is C12H15N3O3. The van der Waals surface area contributed by atoms with Crippen molar-refractivity contribution in [1.29, 1.82) is 0 Å². The lowest BCUT2D eigenvalue weighted by molar-refractivity contribution is -0.123. The first-order chi connectivity index (χ1) is 8.70. The molecule has 0 bridgehead atoms. The first-order valence-corrected chi connectivity index (χ1v) is 5.70. The average molecular weight is 249 g/mol. The number of carbonyl (C=O) groups is 1. The van der Waals surface area contributed by atoms with Crippen molar-refractivity contribution in [3.8, 4) is 5.75 Å². The molecule has 0 aromatic heterocycles. The van der Waals surface area contributed by atoms with Gasteiger partial charge in [0, 0.05) is 6.04 Å². The molecule has 0 radical (unpaired) electrons. The maximum absolute atomic E-state index is 11.5. The van der Waals surface area contributed by atoms with E-state index in [2.05, 4.69) is 10.5 Å². The van der Waals surface area contributed by atoms with Crippen molar-refractivity contribution >= 4 is 11.7 Å². The van der Waals surface area contributed by atoms with E-state index in [0.29, 0.717) is 17.4 Å². The summed E-state index contributed by atoms with van der Waals surface area (Å²) in [5.41, 5.74) is 5.97. The lowest BCUT2D eigenvalue weighted by atomic mass is 10.2. The summed E-state index contributed by atoms with van der Waals surface area (Å²) in [4.78, 5) is 11.5. The first-order valence-electron chi connectivity index (χ1n) is 5.70. The number of amides is 1. The van der Waals surface area contributed by atoms with Crippen LogP contribution in [0, 0.1) is 0 Å². The Hall–Kier alpha value is -2.24. The predicted octanol–water partition coefficient (Wildman–Crippen LogP) is 0.438. The number of para-hydroxylation sites is 1. The van der Waals surface area contributed by atoms with Crippen LogP contribution in [0.1, 0.15) is 18.4 Å². The molecule has 0 unspecified atom stereocenters. The number of oxime groups is 1. The zero-order chi connectivity index (χ0) is 13.0. The lowest BCUT2D eigenvalue weighted by Crippen LogP contribution is -2.30. The van der Waals surface area contributed by atoms with E-state index < -0.39 is 0 Å². The van der Waals surface area contributed by atoms with E-state index in [0.717, 1.165) is 12.8 Å². The van der Waals surface area contributed by atoms with E-state index >= 15 is 0 Å². The van der Waals surface area contributed by atoms with Gasteiger partial charge in [-0.05, 0) is 25.0 Å². The molecule has 1 saturated carbocycles. The number of amidine groups is 1. The van der Waals surface area contributed by atoms with Crippen LogP contribution in [0.3, 0.4) is 0 Å². The number of nitrogens with two attached hydrogens (primary N) is 1. The van der Waals surface area contributed by atoms with Gasteiger partial charge in [0.25, 0.3) is 5.91 Å². The van der Waals surface area contributed by atoms with Gasteiger partial charge < -0.3 is 21.0 Å². The second kappa shape index (κ2) is 5.39. The number of rotatable bonds is 5. The molecule has 1 aliphatic rings. The molecular weight excluding hydrogens is 234 g/mol. The Morgan fingerprint density at radius 2 is 2.22 bits per heavy atom. The third-order valence-electron chi connectivity index (χ3n) is 2.57. The molecule has 1 fully saturated rings. The van der Waals surface area contributed by atoms with E-state index in [-0.39, 0.29) is 18.3 Å². The van der Waals surface area contributed by atoms with Gasteiger partial charge in [-0.2, -0.15) is 0 Å². The van der Waals surface area contributed by atoms with Crippen LogP contribution in [-0.2, 0) is 4.79 Å². The zero-order valence-electron chi connectivity index (χ0n) is 9.80. The molecule has 1 aromatic rings. The number of hydrogen-bond donors (Lipinski definition) is 3. The quantitative estimate of drug-likeness (QED) is 0.305. The van der Waals surface area contributed by atoms with Crippen molar-refractivity contribution in [2.75, 3.05) is 6.61 Å². The summed E-state index contributed by atoms with van der Waals surface area (Å²) in [6.45, 7) is -0.0772. The summed E-state index contributed by atoms with van der Waals surface area (Å²) in [5, 5.41) is 14.4. The number of carbonyl (C=O) groups excluding carboxylic acids is 1. The Labute approximate surface area is 104 Å². The third-order valence-corrected chi connectivity index (χ3v) is 2.57. The van der Waals surface area contributed by atoms with E-state index in [1.165, 1.54) is 0 Å².